The first-order valence-corrected chi connectivity index (χ1v) is 13.9. The van der Waals surface area contributed by atoms with Crippen molar-refractivity contribution < 1.29 is 24.2 Å². The molecule has 188 valence electrons. The lowest BCUT2D eigenvalue weighted by atomic mass is 9.68. The number of aliphatic carboxylic acids is 1. The quantitative estimate of drug-likeness (QED) is 0.479. The van der Waals surface area contributed by atoms with Crippen LogP contribution in [0.15, 0.2) is 64.4 Å². The van der Waals surface area contributed by atoms with Gasteiger partial charge < -0.3 is 14.8 Å². The molecule has 2 aliphatic carbocycles. The number of hydrogen-bond donors (Lipinski definition) is 2. The van der Waals surface area contributed by atoms with Gasteiger partial charge in [0.25, 0.3) is 0 Å². The fourth-order valence-corrected chi connectivity index (χ4v) is 10.0. The van der Waals surface area contributed by atoms with E-state index in [0.29, 0.717) is 5.75 Å². The molecule has 0 radical (unpaired) electrons. The van der Waals surface area contributed by atoms with Gasteiger partial charge in [-0.05, 0) is 54.0 Å². The van der Waals surface area contributed by atoms with Gasteiger partial charge >= 0.3 is 10.8 Å². The van der Waals surface area contributed by atoms with Crippen molar-refractivity contribution >= 4 is 40.9 Å². The zero-order chi connectivity index (χ0) is 25.4. The summed E-state index contributed by atoms with van der Waals surface area (Å²) >= 11 is 2.81. The number of carbonyl (C=O) groups excluding carboxylic acids is 2. The van der Waals surface area contributed by atoms with Crippen molar-refractivity contribution in [2.45, 2.75) is 22.6 Å². The molecular formula is C27H22N2O6S2. The summed E-state index contributed by atoms with van der Waals surface area (Å²) < 4.78 is 6.10. The van der Waals surface area contributed by atoms with E-state index in [2.05, 4.69) is 4.98 Å². The minimum absolute atomic E-state index is 0.0388. The third-order valence-corrected chi connectivity index (χ3v) is 10.9. The number of carboxylic acid groups (broad SMARTS) is 1. The standard InChI is InChI=1S/C27H22N2O6S2/c30-17(31)11-29-25(32)20-15-10-16(21(20)26(29)33)22-19(15)18(23-24(36-22)28-27(34)37-23)12-5-4-8-14(9-12)35-13-6-2-1-3-7-13/h1-9,15-16,18-22H,10-11H2,(H,28,34)(H,30,31)/t15-,16+,18-,19+,20+,21+,22+/m0/s1. The van der Waals surface area contributed by atoms with Crippen molar-refractivity contribution in [3.63, 3.8) is 0 Å². The highest BCUT2D eigenvalue weighted by Crippen LogP contribution is 2.68. The minimum atomic E-state index is -1.19. The van der Waals surface area contributed by atoms with Gasteiger partial charge in [-0.15, -0.1) is 11.8 Å². The third kappa shape index (κ3) is 3.42. The van der Waals surface area contributed by atoms with Crippen LogP contribution in [0.4, 0.5) is 0 Å². The Kier molecular flexibility index (Phi) is 5.13. The number of nitrogens with zero attached hydrogens (tertiary/aromatic N) is 1. The van der Waals surface area contributed by atoms with Gasteiger partial charge in [0.2, 0.25) is 11.8 Å². The molecule has 3 aromatic rings. The van der Waals surface area contributed by atoms with E-state index in [4.69, 9.17) is 4.74 Å². The summed E-state index contributed by atoms with van der Waals surface area (Å²) in [5, 5.41) is 10.2. The molecule has 7 atom stereocenters. The van der Waals surface area contributed by atoms with Crippen LogP contribution >= 0.6 is 23.1 Å². The lowest BCUT2D eigenvalue weighted by Crippen LogP contribution is -2.42. The second-order valence-corrected chi connectivity index (χ2v) is 12.3. The first-order chi connectivity index (χ1) is 17.9. The highest BCUT2D eigenvalue weighted by Gasteiger charge is 2.69. The van der Waals surface area contributed by atoms with Crippen LogP contribution in [0, 0.1) is 29.6 Å². The van der Waals surface area contributed by atoms with Crippen molar-refractivity contribution in [2.75, 3.05) is 6.54 Å². The van der Waals surface area contributed by atoms with E-state index >= 15 is 0 Å². The van der Waals surface area contributed by atoms with Gasteiger partial charge in [-0.25, -0.2) is 0 Å². The number of thiazole rings is 1. The van der Waals surface area contributed by atoms with Crippen molar-refractivity contribution in [3.8, 4) is 11.5 Å². The number of H-pyrrole nitrogens is 1. The number of likely N-dealkylation sites (tertiary alicyclic amines) is 1. The van der Waals surface area contributed by atoms with E-state index in [1.807, 2.05) is 54.6 Å². The number of aromatic amines is 1. The average molecular weight is 535 g/mol. The average Bonchev–Trinajstić information content (AvgIpc) is 3.60. The maximum Gasteiger partial charge on any atom is 0.323 e. The Balaban J connectivity index is 1.29. The molecule has 2 saturated carbocycles. The zero-order valence-corrected chi connectivity index (χ0v) is 21.0. The Bertz CT molecular complexity index is 1500. The molecule has 0 spiro atoms. The fourth-order valence-electron chi connectivity index (χ4n) is 7.14. The maximum absolute atomic E-state index is 13.3. The van der Waals surface area contributed by atoms with Gasteiger partial charge in [0.15, 0.2) is 0 Å². The SMILES string of the molecule is O=C(O)CN1C(=O)[C@@H]2[C@H]3C[C@@H]([C@H]4Sc5[nH]c(=O)sc5[C@@H](c5cccc(Oc6ccccc6)c5)[C@@H]34)[C@H]2C1=O. The Morgan fingerprint density at radius 2 is 1.73 bits per heavy atom. The zero-order valence-electron chi connectivity index (χ0n) is 19.4. The van der Waals surface area contributed by atoms with Crippen LogP contribution in [-0.2, 0) is 14.4 Å². The topological polar surface area (TPSA) is 117 Å². The van der Waals surface area contributed by atoms with Crippen LogP contribution in [-0.4, -0.2) is 44.6 Å². The van der Waals surface area contributed by atoms with Gasteiger partial charge in [0, 0.05) is 16.0 Å². The summed E-state index contributed by atoms with van der Waals surface area (Å²) in [5.74, 6) is -1.66. The molecule has 2 amide bonds. The number of thioether (sulfide) groups is 1. The third-order valence-electron chi connectivity index (χ3n) is 8.30. The van der Waals surface area contributed by atoms with Gasteiger partial charge in [-0.2, -0.15) is 0 Å². The number of carboxylic acids is 1. The van der Waals surface area contributed by atoms with Crippen molar-refractivity contribution in [1.29, 1.82) is 0 Å². The minimum Gasteiger partial charge on any atom is -0.480 e. The number of rotatable bonds is 5. The number of benzene rings is 2. The molecule has 3 fully saturated rings. The molecule has 2 N–H and O–H groups in total. The van der Waals surface area contributed by atoms with Gasteiger partial charge in [0.05, 0.1) is 16.9 Å². The lowest BCUT2D eigenvalue weighted by molar-refractivity contribution is -0.149. The monoisotopic (exact) mass is 534 g/mol. The normalized spacial score (nSPS) is 31.2. The predicted molar refractivity (Wildman–Crippen MR) is 136 cm³/mol. The largest absolute Gasteiger partial charge is 0.480 e. The second-order valence-electron chi connectivity index (χ2n) is 10.1. The Morgan fingerprint density at radius 3 is 2.49 bits per heavy atom. The van der Waals surface area contributed by atoms with Crippen molar-refractivity contribution in [2.24, 2.45) is 29.6 Å². The van der Waals surface area contributed by atoms with Crippen molar-refractivity contribution in [1.82, 2.24) is 9.88 Å². The van der Waals surface area contributed by atoms with E-state index in [0.717, 1.165) is 32.5 Å². The molecule has 1 saturated heterocycles. The van der Waals surface area contributed by atoms with Crippen LogP contribution < -0.4 is 9.61 Å². The van der Waals surface area contributed by atoms with E-state index < -0.39 is 24.3 Å². The fraction of sp³-hybridized carbons (Fsp3) is 0.333. The molecule has 0 unspecified atom stereocenters. The van der Waals surface area contributed by atoms with E-state index in [1.54, 1.807) is 11.8 Å². The molecule has 7 rings (SSSR count). The molecule has 10 heteroatoms. The summed E-state index contributed by atoms with van der Waals surface area (Å²) in [6.45, 7) is -0.588. The second kappa shape index (κ2) is 8.32. The highest BCUT2D eigenvalue weighted by molar-refractivity contribution is 8.00. The van der Waals surface area contributed by atoms with Crippen LogP contribution in [0.1, 0.15) is 22.8 Å². The predicted octanol–water partition coefficient (Wildman–Crippen LogP) is 3.79. The lowest BCUT2D eigenvalue weighted by Gasteiger charge is -2.43. The summed E-state index contributed by atoms with van der Waals surface area (Å²) in [6.07, 6.45) is 0.756. The molecule has 37 heavy (non-hydrogen) atoms. The number of para-hydroxylation sites is 1. The first-order valence-electron chi connectivity index (χ1n) is 12.2. The summed E-state index contributed by atoms with van der Waals surface area (Å²) in [6, 6.07) is 17.4. The molecule has 4 aliphatic rings. The van der Waals surface area contributed by atoms with Crippen LogP contribution in [0.3, 0.4) is 0 Å². The van der Waals surface area contributed by atoms with Crippen LogP contribution in [0.5, 0.6) is 11.5 Å². The van der Waals surface area contributed by atoms with E-state index in [-0.39, 0.29) is 45.6 Å². The van der Waals surface area contributed by atoms with E-state index in [1.165, 1.54) is 11.3 Å². The molecule has 2 aromatic carbocycles. The van der Waals surface area contributed by atoms with Gasteiger partial charge in [-0.3, -0.25) is 24.1 Å². The summed E-state index contributed by atoms with van der Waals surface area (Å²) in [4.78, 5) is 55.0. The molecule has 2 aliphatic heterocycles. The molecule has 2 bridgehead atoms. The number of imide groups is 1. The molecular weight excluding hydrogens is 512 g/mol. The number of carbonyl (C=O) groups is 3. The number of nitrogens with one attached hydrogen (secondary N) is 1. The smallest absolute Gasteiger partial charge is 0.323 e. The number of ether oxygens (including phenoxy) is 1. The number of amides is 2. The number of aromatic nitrogens is 1. The highest BCUT2D eigenvalue weighted by atomic mass is 32.2. The summed E-state index contributed by atoms with van der Waals surface area (Å²) in [5.41, 5.74) is 1.00. The Hall–Kier alpha value is -3.37. The number of hydrogen-bond acceptors (Lipinski definition) is 7. The Labute approximate surface area is 219 Å². The molecule has 8 nitrogen and oxygen atoms in total. The maximum atomic E-state index is 13.3. The van der Waals surface area contributed by atoms with Crippen LogP contribution in [0.25, 0.3) is 0 Å². The van der Waals surface area contributed by atoms with Gasteiger partial charge in [-0.1, -0.05) is 41.7 Å². The summed E-state index contributed by atoms with van der Waals surface area (Å²) in [7, 11) is 0. The molecule has 1 aromatic heterocycles. The van der Waals surface area contributed by atoms with Crippen molar-refractivity contribution in [3.05, 3.63) is 74.7 Å². The van der Waals surface area contributed by atoms with Crippen LogP contribution in [0.2, 0.25) is 0 Å². The number of fused-ring (bicyclic) bond motifs is 9. The Morgan fingerprint density at radius 1 is 1.00 bits per heavy atom. The molecule has 3 heterocycles. The first kappa shape index (κ1) is 22.8. The van der Waals surface area contributed by atoms with Gasteiger partial charge in [0.1, 0.15) is 18.0 Å². The van der Waals surface area contributed by atoms with E-state index in [9.17, 15) is 24.3 Å².